The average Bonchev–Trinajstić information content (AvgIpc) is 3.37. The fourth-order valence-electron chi connectivity index (χ4n) is 3.71. The Balaban J connectivity index is 1.79. The highest BCUT2D eigenvalue weighted by Crippen LogP contribution is 2.20. The number of hydrogen-bond acceptors (Lipinski definition) is 8. The molecule has 2 aromatic carbocycles. The zero-order valence-electron chi connectivity index (χ0n) is 21.9. The van der Waals surface area contributed by atoms with Crippen LogP contribution in [0.4, 0.5) is 4.39 Å². The van der Waals surface area contributed by atoms with E-state index in [4.69, 9.17) is 37.4 Å². The van der Waals surface area contributed by atoms with E-state index in [0.717, 1.165) is 16.8 Å². The molecule has 0 bridgehead atoms. The predicted molar refractivity (Wildman–Crippen MR) is 146 cm³/mol. The van der Waals surface area contributed by atoms with Gasteiger partial charge in [-0.1, -0.05) is 47.5 Å². The molecule has 11 nitrogen and oxygen atoms in total. The molecule has 0 aliphatic rings. The van der Waals surface area contributed by atoms with Gasteiger partial charge in [-0.15, -0.1) is 0 Å². The SMILES string of the molecule is COCCOCCOC(=O)[C@H](O)[C@@H](Cc1ccccc1Cl)NC(=O)c1cc(C(=O)O)n(Cc2ccc(Cl)cc2F)n1. The van der Waals surface area contributed by atoms with Gasteiger partial charge in [0, 0.05) is 28.8 Å². The number of nitrogens with zero attached hydrogens (tertiary/aromatic N) is 2. The van der Waals surface area contributed by atoms with Crippen LogP contribution in [-0.2, 0) is 32.0 Å². The second kappa shape index (κ2) is 15.5. The summed E-state index contributed by atoms with van der Waals surface area (Å²) < 4.78 is 30.4. The Kier molecular flexibility index (Phi) is 12.0. The molecular weight excluding hydrogens is 584 g/mol. The summed E-state index contributed by atoms with van der Waals surface area (Å²) in [6, 6.07) is 10.3. The lowest BCUT2D eigenvalue weighted by molar-refractivity contribution is -0.156. The van der Waals surface area contributed by atoms with Gasteiger partial charge in [0.2, 0.25) is 0 Å². The number of carboxylic acid groups (broad SMARTS) is 1. The van der Waals surface area contributed by atoms with Crippen LogP contribution in [0.1, 0.15) is 32.1 Å². The predicted octanol–water partition coefficient (Wildman–Crippen LogP) is 2.98. The zero-order chi connectivity index (χ0) is 29.9. The Morgan fingerprint density at radius 1 is 1.05 bits per heavy atom. The van der Waals surface area contributed by atoms with E-state index < -0.39 is 35.8 Å². The second-order valence-corrected chi connectivity index (χ2v) is 9.55. The normalized spacial score (nSPS) is 12.5. The minimum Gasteiger partial charge on any atom is -0.477 e. The first kappa shape index (κ1) is 32.0. The van der Waals surface area contributed by atoms with Gasteiger partial charge in [-0.3, -0.25) is 9.48 Å². The van der Waals surface area contributed by atoms with Crippen molar-refractivity contribution in [3.63, 3.8) is 0 Å². The molecule has 0 saturated carbocycles. The second-order valence-electron chi connectivity index (χ2n) is 8.71. The van der Waals surface area contributed by atoms with Gasteiger partial charge < -0.3 is 29.7 Å². The van der Waals surface area contributed by atoms with Crippen molar-refractivity contribution in [1.29, 1.82) is 0 Å². The quantitative estimate of drug-likeness (QED) is 0.174. The number of carbonyl (C=O) groups is 3. The molecule has 0 fully saturated rings. The van der Waals surface area contributed by atoms with Gasteiger partial charge >= 0.3 is 11.9 Å². The molecule has 0 saturated heterocycles. The molecule has 220 valence electrons. The van der Waals surface area contributed by atoms with Crippen LogP contribution < -0.4 is 5.32 Å². The van der Waals surface area contributed by atoms with Crippen molar-refractivity contribution in [3.8, 4) is 0 Å². The number of ether oxygens (including phenoxy) is 3. The van der Waals surface area contributed by atoms with Crippen LogP contribution in [0, 0.1) is 5.82 Å². The number of nitrogens with one attached hydrogen (secondary N) is 1. The number of aliphatic hydroxyl groups is 1. The number of aliphatic hydroxyl groups excluding tert-OH is 1. The van der Waals surface area contributed by atoms with Crippen molar-refractivity contribution in [2.24, 2.45) is 0 Å². The number of aromatic carboxylic acids is 1. The largest absolute Gasteiger partial charge is 0.477 e. The van der Waals surface area contributed by atoms with Crippen LogP contribution in [0.15, 0.2) is 48.5 Å². The molecule has 3 rings (SSSR count). The van der Waals surface area contributed by atoms with E-state index in [9.17, 15) is 29.0 Å². The lowest BCUT2D eigenvalue weighted by Gasteiger charge is -2.23. The molecule has 0 radical (unpaired) electrons. The minimum atomic E-state index is -1.82. The molecule has 41 heavy (non-hydrogen) atoms. The number of esters is 1. The Morgan fingerprint density at radius 3 is 2.46 bits per heavy atom. The summed E-state index contributed by atoms with van der Waals surface area (Å²) in [5, 5.41) is 27.5. The van der Waals surface area contributed by atoms with Gasteiger partial charge in [-0.2, -0.15) is 5.10 Å². The van der Waals surface area contributed by atoms with E-state index in [0.29, 0.717) is 17.2 Å². The average molecular weight is 612 g/mol. The molecule has 0 aliphatic heterocycles. The Labute approximate surface area is 244 Å². The first-order chi connectivity index (χ1) is 19.6. The van der Waals surface area contributed by atoms with Crippen molar-refractivity contribution in [2.45, 2.75) is 25.1 Å². The third-order valence-corrected chi connectivity index (χ3v) is 6.41. The molecular formula is C27H28Cl2FN3O8. The molecule has 1 amide bonds. The maximum atomic E-state index is 14.3. The lowest BCUT2D eigenvalue weighted by Crippen LogP contribution is -2.49. The van der Waals surface area contributed by atoms with Crippen LogP contribution in [-0.4, -0.2) is 83.5 Å². The molecule has 0 spiro atoms. The van der Waals surface area contributed by atoms with Crippen molar-refractivity contribution < 1.29 is 43.2 Å². The van der Waals surface area contributed by atoms with Gasteiger partial charge in [0.05, 0.1) is 32.4 Å². The van der Waals surface area contributed by atoms with Crippen molar-refractivity contribution in [3.05, 3.63) is 86.9 Å². The maximum absolute atomic E-state index is 14.3. The van der Waals surface area contributed by atoms with E-state index in [-0.39, 0.29) is 54.8 Å². The molecule has 1 aromatic heterocycles. The highest BCUT2D eigenvalue weighted by molar-refractivity contribution is 6.31. The van der Waals surface area contributed by atoms with Crippen LogP contribution in [0.5, 0.6) is 0 Å². The van der Waals surface area contributed by atoms with Crippen molar-refractivity contribution in [1.82, 2.24) is 15.1 Å². The summed E-state index contributed by atoms with van der Waals surface area (Å²) in [5.41, 5.74) is -0.120. The van der Waals surface area contributed by atoms with E-state index in [1.165, 1.54) is 19.2 Å². The highest BCUT2D eigenvalue weighted by atomic mass is 35.5. The lowest BCUT2D eigenvalue weighted by atomic mass is 10.0. The number of halogens is 3. The summed E-state index contributed by atoms with van der Waals surface area (Å²) in [5.74, 6) is -4.00. The number of aromatic nitrogens is 2. The Bertz CT molecular complexity index is 1370. The van der Waals surface area contributed by atoms with Crippen LogP contribution in [0.3, 0.4) is 0 Å². The monoisotopic (exact) mass is 611 g/mol. The number of carbonyl (C=O) groups excluding carboxylic acids is 2. The zero-order valence-corrected chi connectivity index (χ0v) is 23.4. The van der Waals surface area contributed by atoms with Crippen molar-refractivity contribution in [2.75, 3.05) is 33.5 Å². The topological polar surface area (TPSA) is 149 Å². The third-order valence-electron chi connectivity index (χ3n) is 5.81. The molecule has 0 aliphatic carbocycles. The van der Waals surface area contributed by atoms with Crippen LogP contribution in [0.25, 0.3) is 0 Å². The molecule has 14 heteroatoms. The summed E-state index contributed by atoms with van der Waals surface area (Å²) in [6.45, 7) is 0.253. The van der Waals surface area contributed by atoms with E-state index in [1.807, 2.05) is 0 Å². The van der Waals surface area contributed by atoms with E-state index in [1.54, 1.807) is 24.3 Å². The molecule has 2 atom stereocenters. The Hall–Kier alpha value is -3.55. The first-order valence-electron chi connectivity index (χ1n) is 12.3. The molecule has 0 unspecified atom stereocenters. The van der Waals surface area contributed by atoms with Gasteiger partial charge in [0.25, 0.3) is 5.91 Å². The number of carboxylic acids is 1. The van der Waals surface area contributed by atoms with Crippen molar-refractivity contribution >= 4 is 41.0 Å². The van der Waals surface area contributed by atoms with Crippen LogP contribution in [0.2, 0.25) is 10.0 Å². The fourth-order valence-corrected chi connectivity index (χ4v) is 4.08. The number of benzene rings is 2. The molecule has 1 heterocycles. The number of methoxy groups -OCH3 is 1. The van der Waals surface area contributed by atoms with Gasteiger partial charge in [0.1, 0.15) is 18.1 Å². The van der Waals surface area contributed by atoms with Gasteiger partial charge in [0.15, 0.2) is 11.8 Å². The smallest absolute Gasteiger partial charge is 0.354 e. The number of amides is 1. The third kappa shape index (κ3) is 9.23. The summed E-state index contributed by atoms with van der Waals surface area (Å²) in [7, 11) is 1.51. The Morgan fingerprint density at radius 2 is 1.78 bits per heavy atom. The number of rotatable bonds is 15. The van der Waals surface area contributed by atoms with E-state index >= 15 is 0 Å². The molecule has 3 aromatic rings. The molecule has 3 N–H and O–H groups in total. The summed E-state index contributed by atoms with van der Waals surface area (Å²) in [6.07, 6.45) is -1.90. The standard InChI is InChI=1S/C27H28Cl2FN3O8/c1-39-8-9-40-10-11-41-27(38)24(34)21(12-16-4-2-3-5-19(16)29)31-25(35)22-14-23(26(36)37)33(32-22)15-17-6-7-18(28)13-20(17)30/h2-7,13-14,21,24,34H,8-12,15H2,1H3,(H,31,35)(H,36,37)/t21-,24-/m1/s1. The summed E-state index contributed by atoms with van der Waals surface area (Å²) >= 11 is 12.0. The van der Waals surface area contributed by atoms with Crippen LogP contribution >= 0.6 is 23.2 Å². The maximum Gasteiger partial charge on any atom is 0.354 e. The number of hydrogen-bond donors (Lipinski definition) is 3. The van der Waals surface area contributed by atoms with E-state index in [2.05, 4.69) is 10.4 Å². The first-order valence-corrected chi connectivity index (χ1v) is 13.1. The van der Waals surface area contributed by atoms with Gasteiger partial charge in [-0.25, -0.2) is 14.0 Å². The fraction of sp³-hybridized carbons (Fsp3) is 0.333. The summed E-state index contributed by atoms with van der Waals surface area (Å²) in [4.78, 5) is 37.6. The van der Waals surface area contributed by atoms with Gasteiger partial charge in [-0.05, 0) is 30.2 Å². The minimum absolute atomic E-state index is 0.0625. The highest BCUT2D eigenvalue weighted by Gasteiger charge is 2.31.